The molecule has 2 aromatic rings. The second-order valence-electron chi connectivity index (χ2n) is 7.29. The van der Waals surface area contributed by atoms with Crippen LogP contribution >= 0.6 is 24.0 Å². The molecule has 6 nitrogen and oxygen atoms in total. The largest absolute Gasteiger partial charge is 0.490 e. The van der Waals surface area contributed by atoms with Gasteiger partial charge in [-0.25, -0.2) is 0 Å². The number of nitrogens with one attached hydrogen (secondary N) is 2. The Labute approximate surface area is 209 Å². The summed E-state index contributed by atoms with van der Waals surface area (Å²) >= 11 is 0. The molecule has 3 rings (SSSR count). The number of hydrogen-bond acceptors (Lipinski definition) is 4. The Kier molecular flexibility index (Phi) is 11.2. The number of halogens is 1. The fourth-order valence-electron chi connectivity index (χ4n) is 3.50. The fourth-order valence-corrected chi connectivity index (χ4v) is 3.50. The average Bonchev–Trinajstić information content (AvgIpc) is 3.33. The second kappa shape index (κ2) is 13.9. The van der Waals surface area contributed by atoms with Crippen molar-refractivity contribution in [2.45, 2.75) is 26.8 Å². The van der Waals surface area contributed by atoms with Gasteiger partial charge in [-0.05, 0) is 55.7 Å². The molecule has 2 N–H and O–H groups in total. The number of nitrogens with zero attached hydrogens (tertiary/aromatic N) is 2. The van der Waals surface area contributed by atoms with Crippen LogP contribution in [-0.4, -0.2) is 45.9 Å². The number of rotatable bonds is 10. The van der Waals surface area contributed by atoms with E-state index in [4.69, 9.17) is 9.47 Å². The minimum Gasteiger partial charge on any atom is -0.490 e. The molecule has 0 saturated heterocycles. The van der Waals surface area contributed by atoms with Gasteiger partial charge < -0.3 is 25.0 Å². The minimum absolute atomic E-state index is 0. The fraction of sp³-hybridized carbons (Fsp3) is 0.400. The summed E-state index contributed by atoms with van der Waals surface area (Å²) < 4.78 is 11.4. The van der Waals surface area contributed by atoms with Gasteiger partial charge in [-0.15, -0.1) is 24.0 Å². The van der Waals surface area contributed by atoms with Gasteiger partial charge in [-0.3, -0.25) is 4.99 Å². The van der Waals surface area contributed by atoms with Gasteiger partial charge in [-0.1, -0.05) is 30.4 Å². The standard InChI is InChI=1S/C25H34N4O2.HI/c1-4-30-23-13-10-20(18-24(23)31-5-2)14-15-27-25(26-3)28-19-21-8-11-22(12-9-21)29-16-6-7-17-29;/h6-13,18H,4-5,14-17,19H2,1-3H3,(H2,26,27,28);1H. The summed E-state index contributed by atoms with van der Waals surface area (Å²) in [4.78, 5) is 6.68. The molecule has 0 fully saturated rings. The molecule has 0 bridgehead atoms. The Balaban J connectivity index is 0.00000363. The lowest BCUT2D eigenvalue weighted by atomic mass is 10.1. The molecule has 174 valence electrons. The van der Waals surface area contributed by atoms with Crippen molar-refractivity contribution >= 4 is 35.6 Å². The van der Waals surface area contributed by atoms with E-state index in [0.717, 1.165) is 50.1 Å². The van der Waals surface area contributed by atoms with Gasteiger partial charge >= 0.3 is 0 Å². The van der Waals surface area contributed by atoms with Crippen LogP contribution in [-0.2, 0) is 13.0 Å². The summed E-state index contributed by atoms with van der Waals surface area (Å²) in [6.45, 7) is 8.71. The Morgan fingerprint density at radius 2 is 1.56 bits per heavy atom. The van der Waals surface area contributed by atoms with Gasteiger partial charge in [0.05, 0.1) is 13.2 Å². The number of ether oxygens (including phenoxy) is 2. The molecule has 1 aliphatic heterocycles. The number of aliphatic imine (C=N–C) groups is 1. The van der Waals surface area contributed by atoms with Crippen molar-refractivity contribution in [3.05, 3.63) is 65.7 Å². The highest BCUT2D eigenvalue weighted by Gasteiger charge is 2.08. The SMILES string of the molecule is CCOc1ccc(CCNC(=NC)NCc2ccc(N3CC=CC3)cc2)cc1OCC.I. The van der Waals surface area contributed by atoms with E-state index in [2.05, 4.69) is 69.1 Å². The van der Waals surface area contributed by atoms with Gasteiger partial charge in [0.2, 0.25) is 0 Å². The van der Waals surface area contributed by atoms with Gasteiger partial charge in [0.25, 0.3) is 0 Å². The van der Waals surface area contributed by atoms with Crippen molar-refractivity contribution in [1.29, 1.82) is 0 Å². The first kappa shape index (κ1) is 25.8. The third-order valence-electron chi connectivity index (χ3n) is 5.12. The molecular formula is C25H35IN4O2. The highest BCUT2D eigenvalue weighted by molar-refractivity contribution is 14.0. The van der Waals surface area contributed by atoms with E-state index >= 15 is 0 Å². The molecular weight excluding hydrogens is 515 g/mol. The van der Waals surface area contributed by atoms with Crippen LogP contribution in [0.25, 0.3) is 0 Å². The summed E-state index contributed by atoms with van der Waals surface area (Å²) in [5, 5.41) is 6.77. The van der Waals surface area contributed by atoms with Gasteiger partial charge in [0.15, 0.2) is 17.5 Å². The van der Waals surface area contributed by atoms with Crippen LogP contribution < -0.4 is 25.0 Å². The molecule has 1 aliphatic rings. The summed E-state index contributed by atoms with van der Waals surface area (Å²) in [5.74, 6) is 2.40. The molecule has 1 heterocycles. The molecule has 0 amide bonds. The van der Waals surface area contributed by atoms with E-state index < -0.39 is 0 Å². The predicted molar refractivity (Wildman–Crippen MR) is 144 cm³/mol. The number of anilines is 1. The number of benzene rings is 2. The lowest BCUT2D eigenvalue weighted by Gasteiger charge is -2.18. The normalized spacial score (nSPS) is 13.0. The van der Waals surface area contributed by atoms with Crippen molar-refractivity contribution in [1.82, 2.24) is 10.6 Å². The first-order chi connectivity index (χ1) is 15.2. The second-order valence-corrected chi connectivity index (χ2v) is 7.29. The summed E-state index contributed by atoms with van der Waals surface area (Å²) in [6.07, 6.45) is 5.28. The predicted octanol–water partition coefficient (Wildman–Crippen LogP) is 4.39. The zero-order valence-corrected chi connectivity index (χ0v) is 21.6. The van der Waals surface area contributed by atoms with Crippen LogP contribution in [0.3, 0.4) is 0 Å². The molecule has 0 aromatic heterocycles. The molecule has 0 saturated carbocycles. The Hall–Kier alpha value is -2.42. The number of hydrogen-bond donors (Lipinski definition) is 2. The minimum atomic E-state index is 0. The van der Waals surface area contributed by atoms with Crippen LogP contribution in [0.1, 0.15) is 25.0 Å². The van der Waals surface area contributed by atoms with Crippen molar-refractivity contribution in [2.24, 2.45) is 4.99 Å². The molecule has 0 radical (unpaired) electrons. The quantitative estimate of drug-likeness (QED) is 0.199. The Morgan fingerprint density at radius 3 is 2.22 bits per heavy atom. The van der Waals surface area contributed by atoms with E-state index in [0.29, 0.717) is 13.2 Å². The molecule has 7 heteroatoms. The summed E-state index contributed by atoms with van der Waals surface area (Å²) in [7, 11) is 1.79. The van der Waals surface area contributed by atoms with E-state index in [1.165, 1.54) is 16.8 Å². The highest BCUT2D eigenvalue weighted by atomic mass is 127. The van der Waals surface area contributed by atoms with Crippen LogP contribution in [0.15, 0.2) is 59.6 Å². The van der Waals surface area contributed by atoms with Crippen LogP contribution in [0.2, 0.25) is 0 Å². The highest BCUT2D eigenvalue weighted by Crippen LogP contribution is 2.28. The van der Waals surface area contributed by atoms with Crippen molar-refractivity contribution in [3.63, 3.8) is 0 Å². The third-order valence-corrected chi connectivity index (χ3v) is 5.12. The van der Waals surface area contributed by atoms with Crippen LogP contribution in [0.4, 0.5) is 5.69 Å². The maximum absolute atomic E-state index is 5.72. The molecule has 0 aliphatic carbocycles. The topological polar surface area (TPSA) is 58.1 Å². The molecule has 32 heavy (non-hydrogen) atoms. The molecule has 0 atom stereocenters. The van der Waals surface area contributed by atoms with Crippen molar-refractivity contribution in [3.8, 4) is 11.5 Å². The monoisotopic (exact) mass is 550 g/mol. The Bertz CT molecular complexity index is 876. The van der Waals surface area contributed by atoms with Gasteiger partial charge in [0.1, 0.15) is 0 Å². The smallest absolute Gasteiger partial charge is 0.191 e. The molecule has 0 unspecified atom stereocenters. The summed E-state index contributed by atoms with van der Waals surface area (Å²) in [5.41, 5.74) is 3.69. The van der Waals surface area contributed by atoms with Crippen LogP contribution in [0.5, 0.6) is 11.5 Å². The number of guanidine groups is 1. The lowest BCUT2D eigenvalue weighted by molar-refractivity contribution is 0.287. The maximum Gasteiger partial charge on any atom is 0.191 e. The zero-order valence-electron chi connectivity index (χ0n) is 19.3. The van der Waals surface area contributed by atoms with Gasteiger partial charge in [0, 0.05) is 38.9 Å². The maximum atomic E-state index is 5.72. The molecule has 2 aromatic carbocycles. The Morgan fingerprint density at radius 1 is 0.906 bits per heavy atom. The third kappa shape index (κ3) is 7.62. The first-order valence-electron chi connectivity index (χ1n) is 11.1. The van der Waals surface area contributed by atoms with E-state index in [9.17, 15) is 0 Å². The summed E-state index contributed by atoms with van der Waals surface area (Å²) in [6, 6.07) is 14.8. The van der Waals surface area contributed by atoms with E-state index in [1.807, 2.05) is 19.9 Å². The lowest BCUT2D eigenvalue weighted by Crippen LogP contribution is -2.37. The van der Waals surface area contributed by atoms with Crippen LogP contribution in [0, 0.1) is 0 Å². The van der Waals surface area contributed by atoms with Crippen molar-refractivity contribution in [2.75, 3.05) is 44.8 Å². The van der Waals surface area contributed by atoms with E-state index in [1.54, 1.807) is 7.05 Å². The van der Waals surface area contributed by atoms with Gasteiger partial charge in [-0.2, -0.15) is 0 Å². The first-order valence-corrected chi connectivity index (χ1v) is 11.1. The molecule has 0 spiro atoms. The van der Waals surface area contributed by atoms with Crippen molar-refractivity contribution < 1.29 is 9.47 Å². The zero-order chi connectivity index (χ0) is 21.9. The van der Waals surface area contributed by atoms with E-state index in [-0.39, 0.29) is 24.0 Å². The average molecular weight is 550 g/mol.